The zero-order valence-corrected chi connectivity index (χ0v) is 16.5. The number of imidazole rings is 1. The maximum atomic E-state index is 10.6. The Morgan fingerprint density at radius 2 is 1.94 bits per heavy atom. The number of nitrogens with two attached hydrogens (primary N) is 1. The number of fused-ring (bicyclic) bond motifs is 1. The molecule has 0 amide bonds. The van der Waals surface area contributed by atoms with E-state index in [1.54, 1.807) is 4.57 Å². The molecular weight excluding hydrogens is 398 g/mol. The highest BCUT2D eigenvalue weighted by Crippen LogP contribution is 2.40. The molecule has 0 spiro atoms. The molecule has 1 aliphatic heterocycles. The van der Waals surface area contributed by atoms with Gasteiger partial charge < -0.3 is 25.4 Å². The molecule has 31 heavy (non-hydrogen) atoms. The van der Waals surface area contributed by atoms with Crippen LogP contribution in [0, 0.1) is 0 Å². The molecular formula is C22H21N5O4. The van der Waals surface area contributed by atoms with Crippen LogP contribution in [0.4, 0.5) is 5.82 Å². The van der Waals surface area contributed by atoms with Crippen molar-refractivity contribution in [2.75, 3.05) is 12.3 Å². The van der Waals surface area contributed by atoms with Crippen LogP contribution in [0.15, 0.2) is 49.1 Å². The van der Waals surface area contributed by atoms with Crippen LogP contribution >= 0.6 is 0 Å². The summed E-state index contributed by atoms with van der Waals surface area (Å²) in [6.45, 7) is 0.146. The number of rotatable bonds is 4. The SMILES string of the molecule is Nc1ncnc2c1ncn2[C@@H]1O[C@H](COC2Cc3cccc4cccc2c34)[C@@H](O)[C@H]1O. The van der Waals surface area contributed by atoms with Gasteiger partial charge in [0.2, 0.25) is 0 Å². The first kappa shape index (κ1) is 18.6. The van der Waals surface area contributed by atoms with Gasteiger partial charge in [0.25, 0.3) is 0 Å². The predicted octanol–water partition coefficient (Wildman–Crippen LogP) is 1.49. The summed E-state index contributed by atoms with van der Waals surface area (Å²) in [6, 6.07) is 12.5. The van der Waals surface area contributed by atoms with Crippen LogP contribution in [0.25, 0.3) is 21.9 Å². The van der Waals surface area contributed by atoms with Crippen LogP contribution < -0.4 is 5.73 Å². The number of aliphatic hydroxyl groups is 2. The summed E-state index contributed by atoms with van der Waals surface area (Å²) in [7, 11) is 0. The lowest BCUT2D eigenvalue weighted by molar-refractivity contribution is -0.0807. The summed E-state index contributed by atoms with van der Waals surface area (Å²) < 4.78 is 13.7. The Morgan fingerprint density at radius 1 is 1.10 bits per heavy atom. The number of aromatic nitrogens is 4. The van der Waals surface area contributed by atoms with E-state index < -0.39 is 24.5 Å². The molecule has 2 aliphatic rings. The molecule has 1 saturated heterocycles. The topological polar surface area (TPSA) is 129 Å². The number of nitrogen functional groups attached to an aromatic ring is 1. The molecule has 4 aromatic rings. The molecule has 9 nitrogen and oxygen atoms in total. The van der Waals surface area contributed by atoms with Crippen molar-refractivity contribution in [1.29, 1.82) is 0 Å². The Morgan fingerprint density at radius 3 is 2.81 bits per heavy atom. The molecule has 0 radical (unpaired) electrons. The third kappa shape index (κ3) is 2.82. The van der Waals surface area contributed by atoms with Gasteiger partial charge in [0.05, 0.1) is 19.0 Å². The van der Waals surface area contributed by atoms with Gasteiger partial charge >= 0.3 is 0 Å². The molecule has 2 aromatic carbocycles. The Balaban J connectivity index is 1.21. The average Bonchev–Trinajstić information content (AvgIpc) is 3.44. The van der Waals surface area contributed by atoms with E-state index in [-0.39, 0.29) is 18.5 Å². The number of hydrogen-bond acceptors (Lipinski definition) is 8. The molecule has 1 fully saturated rings. The van der Waals surface area contributed by atoms with Gasteiger partial charge in [0, 0.05) is 6.42 Å². The maximum Gasteiger partial charge on any atom is 0.167 e. The molecule has 1 unspecified atom stereocenters. The Kier molecular flexibility index (Phi) is 4.19. The molecule has 4 N–H and O–H groups in total. The third-order valence-corrected chi connectivity index (χ3v) is 6.24. The van der Waals surface area contributed by atoms with Gasteiger partial charge in [-0.3, -0.25) is 4.57 Å². The summed E-state index contributed by atoms with van der Waals surface area (Å²) in [5.74, 6) is 0.242. The van der Waals surface area contributed by atoms with Crippen LogP contribution in [0.1, 0.15) is 23.5 Å². The van der Waals surface area contributed by atoms with Crippen molar-refractivity contribution in [3.8, 4) is 0 Å². The number of benzene rings is 2. The van der Waals surface area contributed by atoms with Crippen molar-refractivity contribution in [3.63, 3.8) is 0 Å². The highest BCUT2D eigenvalue weighted by molar-refractivity contribution is 5.91. The molecule has 5 atom stereocenters. The van der Waals surface area contributed by atoms with Crippen LogP contribution in [0.5, 0.6) is 0 Å². The zero-order chi connectivity index (χ0) is 21.1. The van der Waals surface area contributed by atoms with E-state index in [2.05, 4.69) is 45.3 Å². The fourth-order valence-corrected chi connectivity index (χ4v) is 4.71. The van der Waals surface area contributed by atoms with Crippen LogP contribution in [0.3, 0.4) is 0 Å². The minimum atomic E-state index is -1.16. The average molecular weight is 419 g/mol. The molecule has 0 bridgehead atoms. The summed E-state index contributed by atoms with van der Waals surface area (Å²) in [5.41, 5.74) is 9.10. The molecule has 6 rings (SSSR count). The summed E-state index contributed by atoms with van der Waals surface area (Å²) in [6.07, 6.45) is -0.358. The fraction of sp³-hybridized carbons (Fsp3) is 0.318. The van der Waals surface area contributed by atoms with Crippen LogP contribution in [0.2, 0.25) is 0 Å². The summed E-state index contributed by atoms with van der Waals surface area (Å²) in [4.78, 5) is 12.3. The van der Waals surface area contributed by atoms with E-state index in [9.17, 15) is 10.2 Å². The van der Waals surface area contributed by atoms with Gasteiger partial charge in [-0.05, 0) is 21.9 Å². The molecule has 0 saturated carbocycles. The van der Waals surface area contributed by atoms with E-state index in [1.807, 2.05) is 6.07 Å². The quantitative estimate of drug-likeness (QED) is 0.454. The lowest BCUT2D eigenvalue weighted by Crippen LogP contribution is -2.34. The highest BCUT2D eigenvalue weighted by atomic mass is 16.6. The van der Waals surface area contributed by atoms with Gasteiger partial charge in [-0.25, -0.2) is 15.0 Å². The smallest absolute Gasteiger partial charge is 0.167 e. The lowest BCUT2D eigenvalue weighted by Gasteiger charge is -2.19. The number of nitrogens with zero attached hydrogens (tertiary/aromatic N) is 4. The van der Waals surface area contributed by atoms with E-state index in [4.69, 9.17) is 15.2 Å². The largest absolute Gasteiger partial charge is 0.387 e. The van der Waals surface area contributed by atoms with Gasteiger partial charge in [-0.2, -0.15) is 0 Å². The van der Waals surface area contributed by atoms with E-state index >= 15 is 0 Å². The Labute approximate surface area is 177 Å². The van der Waals surface area contributed by atoms with Crippen molar-refractivity contribution in [3.05, 3.63) is 60.2 Å². The minimum Gasteiger partial charge on any atom is -0.387 e. The molecule has 9 heteroatoms. The second-order valence-electron chi connectivity index (χ2n) is 8.02. The standard InChI is InChI=1S/C22H21N5O4/c23-20-17-21(25-9-24-20)27(10-26-17)22-19(29)18(28)15(31-22)8-30-14-7-12-5-1-3-11-4-2-6-13(14)16(11)12/h1-6,9-10,14-15,18-19,22,28-29H,7-8H2,(H2,23,24,25)/t14?,15-,18-,19-,22-/m1/s1. The Bertz CT molecular complexity index is 1290. The number of anilines is 1. The van der Waals surface area contributed by atoms with Gasteiger partial charge in [0.1, 0.15) is 30.2 Å². The highest BCUT2D eigenvalue weighted by Gasteiger charge is 2.45. The first-order chi connectivity index (χ1) is 15.1. The maximum absolute atomic E-state index is 10.6. The third-order valence-electron chi connectivity index (χ3n) is 6.24. The number of aliphatic hydroxyl groups excluding tert-OH is 2. The van der Waals surface area contributed by atoms with E-state index in [0.717, 1.165) is 12.0 Å². The number of hydrogen-bond donors (Lipinski definition) is 3. The van der Waals surface area contributed by atoms with Crippen molar-refractivity contribution in [1.82, 2.24) is 19.5 Å². The van der Waals surface area contributed by atoms with Crippen molar-refractivity contribution in [2.24, 2.45) is 0 Å². The molecule has 1 aliphatic carbocycles. The Hall–Kier alpha value is -3.11. The monoisotopic (exact) mass is 419 g/mol. The summed E-state index contributed by atoms with van der Waals surface area (Å²) in [5, 5.41) is 23.7. The number of ether oxygens (including phenoxy) is 2. The van der Waals surface area contributed by atoms with Gasteiger partial charge in [-0.15, -0.1) is 0 Å². The van der Waals surface area contributed by atoms with Gasteiger partial charge in [-0.1, -0.05) is 36.4 Å². The second kappa shape index (κ2) is 6.96. The first-order valence-electron chi connectivity index (χ1n) is 10.2. The normalized spacial score (nSPS) is 27.5. The van der Waals surface area contributed by atoms with E-state index in [0.29, 0.717) is 11.2 Å². The predicted molar refractivity (Wildman–Crippen MR) is 112 cm³/mol. The molecule has 3 heterocycles. The fourth-order valence-electron chi connectivity index (χ4n) is 4.71. The minimum absolute atomic E-state index is 0.116. The van der Waals surface area contributed by atoms with Crippen molar-refractivity contribution in [2.45, 2.75) is 37.1 Å². The van der Waals surface area contributed by atoms with Gasteiger partial charge in [0.15, 0.2) is 17.7 Å². The lowest BCUT2D eigenvalue weighted by atomic mass is 10.1. The summed E-state index contributed by atoms with van der Waals surface area (Å²) >= 11 is 0. The first-order valence-corrected chi connectivity index (χ1v) is 10.2. The molecule has 158 valence electrons. The van der Waals surface area contributed by atoms with Crippen molar-refractivity contribution >= 4 is 27.8 Å². The molecule has 2 aromatic heterocycles. The van der Waals surface area contributed by atoms with E-state index in [1.165, 1.54) is 29.0 Å². The van der Waals surface area contributed by atoms with Crippen LogP contribution in [-0.2, 0) is 15.9 Å². The van der Waals surface area contributed by atoms with Crippen LogP contribution in [-0.4, -0.2) is 54.7 Å². The van der Waals surface area contributed by atoms with Crippen molar-refractivity contribution < 1.29 is 19.7 Å². The zero-order valence-electron chi connectivity index (χ0n) is 16.5. The second-order valence-corrected chi connectivity index (χ2v) is 8.02.